The Hall–Kier alpha value is -1.39. The molecule has 1 aliphatic rings. The summed E-state index contributed by atoms with van der Waals surface area (Å²) in [7, 11) is 0. The summed E-state index contributed by atoms with van der Waals surface area (Å²) in [6, 6.07) is 9.30. The van der Waals surface area contributed by atoms with Gasteiger partial charge >= 0.3 is 5.97 Å². The Morgan fingerprint density at radius 3 is 2.60 bits per heavy atom. The maximum Gasteiger partial charge on any atom is 0.309 e. The summed E-state index contributed by atoms with van der Waals surface area (Å²) in [4.78, 5) is 10.9. The highest BCUT2D eigenvalue weighted by molar-refractivity contribution is 5.72. The van der Waals surface area contributed by atoms with Gasteiger partial charge in [-0.05, 0) is 5.56 Å². The van der Waals surface area contributed by atoms with Crippen LogP contribution in [-0.2, 0) is 4.79 Å². The van der Waals surface area contributed by atoms with E-state index in [-0.39, 0.29) is 12.1 Å². The maximum atomic E-state index is 10.9. The second kappa shape index (κ2) is 4.00. The molecule has 0 unspecified atom stereocenters. The Balaban J connectivity index is 2.17. The lowest BCUT2D eigenvalue weighted by atomic mass is 9.95. The van der Waals surface area contributed by atoms with Gasteiger partial charge in [-0.1, -0.05) is 30.3 Å². The third kappa shape index (κ3) is 1.86. The SMILES string of the molecule is N[C@@H]1[C@@H](c2ccccc2)NC[C@H]1C(=O)O. The van der Waals surface area contributed by atoms with Crippen molar-refractivity contribution in [2.24, 2.45) is 11.7 Å². The fourth-order valence-electron chi connectivity index (χ4n) is 2.01. The van der Waals surface area contributed by atoms with E-state index in [1.165, 1.54) is 0 Å². The van der Waals surface area contributed by atoms with E-state index in [0.29, 0.717) is 6.54 Å². The van der Waals surface area contributed by atoms with Crippen LogP contribution < -0.4 is 11.1 Å². The van der Waals surface area contributed by atoms with E-state index in [1.54, 1.807) is 0 Å². The summed E-state index contributed by atoms with van der Waals surface area (Å²) in [5, 5.41) is 12.1. The van der Waals surface area contributed by atoms with E-state index in [0.717, 1.165) is 5.56 Å². The minimum Gasteiger partial charge on any atom is -0.481 e. The van der Waals surface area contributed by atoms with E-state index in [4.69, 9.17) is 10.8 Å². The molecule has 80 valence electrons. The lowest BCUT2D eigenvalue weighted by Crippen LogP contribution is -2.36. The topological polar surface area (TPSA) is 75.3 Å². The van der Waals surface area contributed by atoms with E-state index < -0.39 is 11.9 Å². The molecule has 1 aromatic rings. The molecular formula is C11H14N2O2. The van der Waals surface area contributed by atoms with Crippen LogP contribution in [0.1, 0.15) is 11.6 Å². The molecule has 0 aliphatic carbocycles. The van der Waals surface area contributed by atoms with Crippen molar-refractivity contribution >= 4 is 5.97 Å². The number of rotatable bonds is 2. The normalized spacial score (nSPS) is 30.3. The number of nitrogens with two attached hydrogens (primary N) is 1. The Bertz CT molecular complexity index is 353. The molecule has 15 heavy (non-hydrogen) atoms. The first-order valence-electron chi connectivity index (χ1n) is 4.97. The van der Waals surface area contributed by atoms with Crippen LogP contribution in [0.25, 0.3) is 0 Å². The van der Waals surface area contributed by atoms with Gasteiger partial charge in [0.05, 0.1) is 5.92 Å². The van der Waals surface area contributed by atoms with Gasteiger partial charge in [-0.2, -0.15) is 0 Å². The zero-order valence-corrected chi connectivity index (χ0v) is 8.26. The fraction of sp³-hybridized carbons (Fsp3) is 0.364. The van der Waals surface area contributed by atoms with Gasteiger partial charge in [0, 0.05) is 18.6 Å². The molecule has 3 atom stereocenters. The zero-order valence-electron chi connectivity index (χ0n) is 8.26. The van der Waals surface area contributed by atoms with Crippen LogP contribution >= 0.6 is 0 Å². The number of hydrogen-bond acceptors (Lipinski definition) is 3. The number of carboxylic acids is 1. The van der Waals surface area contributed by atoms with Crippen molar-refractivity contribution in [3.05, 3.63) is 35.9 Å². The van der Waals surface area contributed by atoms with Crippen molar-refractivity contribution in [1.29, 1.82) is 0 Å². The fourth-order valence-corrected chi connectivity index (χ4v) is 2.01. The molecule has 0 radical (unpaired) electrons. The Morgan fingerprint density at radius 1 is 1.40 bits per heavy atom. The van der Waals surface area contributed by atoms with Gasteiger partial charge in [0.2, 0.25) is 0 Å². The van der Waals surface area contributed by atoms with E-state index in [2.05, 4.69) is 5.32 Å². The summed E-state index contributed by atoms with van der Waals surface area (Å²) in [5.74, 6) is -1.32. The molecule has 4 heteroatoms. The van der Waals surface area contributed by atoms with Gasteiger partial charge in [-0.25, -0.2) is 0 Å². The van der Waals surface area contributed by atoms with E-state index >= 15 is 0 Å². The number of hydrogen-bond donors (Lipinski definition) is 3. The molecule has 0 saturated carbocycles. The summed E-state index contributed by atoms with van der Waals surface area (Å²) >= 11 is 0. The molecule has 4 N–H and O–H groups in total. The summed E-state index contributed by atoms with van der Waals surface area (Å²) in [5.41, 5.74) is 6.96. The first-order valence-corrected chi connectivity index (χ1v) is 4.97. The molecule has 1 aromatic carbocycles. The molecule has 0 amide bonds. The largest absolute Gasteiger partial charge is 0.481 e. The number of benzene rings is 1. The second-order valence-electron chi connectivity index (χ2n) is 3.82. The number of carbonyl (C=O) groups is 1. The van der Waals surface area contributed by atoms with Crippen molar-refractivity contribution in [3.63, 3.8) is 0 Å². The molecule has 4 nitrogen and oxygen atoms in total. The molecule has 1 fully saturated rings. The average molecular weight is 206 g/mol. The second-order valence-corrected chi connectivity index (χ2v) is 3.82. The van der Waals surface area contributed by atoms with Crippen molar-refractivity contribution in [3.8, 4) is 0 Å². The summed E-state index contributed by atoms with van der Waals surface area (Å²) in [6.07, 6.45) is 0. The molecule has 1 heterocycles. The Morgan fingerprint density at radius 2 is 2.07 bits per heavy atom. The van der Waals surface area contributed by atoms with Crippen LogP contribution in [0.3, 0.4) is 0 Å². The zero-order chi connectivity index (χ0) is 10.8. The van der Waals surface area contributed by atoms with Crippen molar-refractivity contribution in [1.82, 2.24) is 5.32 Å². The van der Waals surface area contributed by atoms with Crippen LogP contribution in [0.5, 0.6) is 0 Å². The predicted octanol–water partition coefficient (Wildman–Crippen LogP) is 0.359. The average Bonchev–Trinajstić information content (AvgIpc) is 2.61. The van der Waals surface area contributed by atoms with Gasteiger partial charge in [-0.15, -0.1) is 0 Å². The van der Waals surface area contributed by atoms with Crippen LogP contribution in [0.2, 0.25) is 0 Å². The first kappa shape index (κ1) is 10.1. The third-order valence-electron chi connectivity index (χ3n) is 2.88. The molecule has 0 aromatic heterocycles. The minimum absolute atomic E-state index is 0.0488. The van der Waals surface area contributed by atoms with Gasteiger partial charge < -0.3 is 16.2 Å². The molecule has 0 bridgehead atoms. The van der Waals surface area contributed by atoms with Gasteiger partial charge in [0.1, 0.15) is 0 Å². The van der Waals surface area contributed by atoms with Crippen molar-refractivity contribution < 1.29 is 9.90 Å². The maximum absolute atomic E-state index is 10.9. The first-order chi connectivity index (χ1) is 7.20. The third-order valence-corrected chi connectivity index (χ3v) is 2.88. The Kier molecular flexibility index (Phi) is 2.70. The van der Waals surface area contributed by atoms with Gasteiger partial charge in [0.15, 0.2) is 0 Å². The highest BCUT2D eigenvalue weighted by Crippen LogP contribution is 2.26. The number of aliphatic carboxylic acids is 1. The molecule has 1 aliphatic heterocycles. The standard InChI is InChI=1S/C11H14N2O2/c12-9-8(11(14)15)6-13-10(9)7-4-2-1-3-5-7/h1-5,8-10,13H,6,12H2,(H,14,15)/t8-,9+,10-/m1/s1. The van der Waals surface area contributed by atoms with Crippen LogP contribution in [0.4, 0.5) is 0 Å². The van der Waals surface area contributed by atoms with Crippen molar-refractivity contribution in [2.75, 3.05) is 6.54 Å². The van der Waals surface area contributed by atoms with Crippen LogP contribution in [0.15, 0.2) is 30.3 Å². The summed E-state index contributed by atoms with van der Waals surface area (Å²) in [6.45, 7) is 0.441. The highest BCUT2D eigenvalue weighted by atomic mass is 16.4. The number of nitrogens with one attached hydrogen (secondary N) is 1. The smallest absolute Gasteiger partial charge is 0.309 e. The Labute approximate surface area is 88.1 Å². The van der Waals surface area contributed by atoms with E-state index in [1.807, 2.05) is 30.3 Å². The molecule has 1 saturated heterocycles. The van der Waals surface area contributed by atoms with Crippen LogP contribution in [0, 0.1) is 5.92 Å². The predicted molar refractivity (Wildman–Crippen MR) is 56.3 cm³/mol. The number of carboxylic acid groups (broad SMARTS) is 1. The lowest BCUT2D eigenvalue weighted by Gasteiger charge is -2.17. The van der Waals surface area contributed by atoms with Gasteiger partial charge in [-0.3, -0.25) is 4.79 Å². The van der Waals surface area contributed by atoms with Crippen LogP contribution in [-0.4, -0.2) is 23.7 Å². The quantitative estimate of drug-likeness (QED) is 0.653. The van der Waals surface area contributed by atoms with Gasteiger partial charge in [0.25, 0.3) is 0 Å². The highest BCUT2D eigenvalue weighted by Gasteiger charge is 2.38. The molecule has 0 spiro atoms. The summed E-state index contributed by atoms with van der Waals surface area (Å²) < 4.78 is 0. The van der Waals surface area contributed by atoms with Crippen molar-refractivity contribution in [2.45, 2.75) is 12.1 Å². The molecular weight excluding hydrogens is 192 g/mol. The van der Waals surface area contributed by atoms with E-state index in [9.17, 15) is 4.79 Å². The minimum atomic E-state index is -0.826. The monoisotopic (exact) mass is 206 g/mol. The lowest BCUT2D eigenvalue weighted by molar-refractivity contribution is -0.141. The molecule has 2 rings (SSSR count).